The Kier molecular flexibility index (Phi) is 6.24. The molecule has 3 heterocycles. The second-order valence-corrected chi connectivity index (χ2v) is 7.45. The van der Waals surface area contributed by atoms with E-state index in [1.807, 2.05) is 0 Å². The molecule has 33 heavy (non-hydrogen) atoms. The van der Waals surface area contributed by atoms with Gasteiger partial charge in [0.1, 0.15) is 17.3 Å². The van der Waals surface area contributed by atoms with E-state index in [0.717, 1.165) is 17.3 Å². The van der Waals surface area contributed by atoms with Gasteiger partial charge in [-0.3, -0.25) is 4.68 Å². The van der Waals surface area contributed by atoms with E-state index in [1.54, 1.807) is 24.9 Å². The second kappa shape index (κ2) is 9.27. The first kappa shape index (κ1) is 22.2. The van der Waals surface area contributed by atoms with Crippen molar-refractivity contribution in [3.8, 4) is 11.3 Å². The van der Waals surface area contributed by atoms with Gasteiger partial charge < -0.3 is 10.6 Å². The maximum absolute atomic E-state index is 14.2. The minimum atomic E-state index is -0.721. The molecule has 0 bridgehead atoms. The average Bonchev–Trinajstić information content (AvgIpc) is 3.38. The fourth-order valence-electron chi connectivity index (χ4n) is 3.55. The van der Waals surface area contributed by atoms with Gasteiger partial charge in [-0.25, -0.2) is 32.9 Å². The zero-order valence-electron chi connectivity index (χ0n) is 17.9. The topological polar surface area (TPSA) is 100 Å². The van der Waals surface area contributed by atoms with Crippen LogP contribution in [0.5, 0.6) is 0 Å². The predicted molar refractivity (Wildman–Crippen MR) is 115 cm³/mol. The standard InChI is InChI=1S/C21H21F3N8O/c1-12-16(11-31(2)30-12)19-17(24)10-27-20(29-19)25-5-6-26-21(33)32-18(3-4-28-32)13-7-14(22)9-15(23)8-13/h4,7-11,18H,3,5-6H2,1-2H3,(H,26,33)(H,25,27,29)/t18-/m0/s1. The van der Waals surface area contributed by atoms with Crippen molar-refractivity contribution < 1.29 is 18.0 Å². The Morgan fingerprint density at radius 1 is 1.18 bits per heavy atom. The number of nitrogens with one attached hydrogen (secondary N) is 2. The molecule has 2 N–H and O–H groups in total. The molecule has 0 saturated heterocycles. The van der Waals surface area contributed by atoms with E-state index in [4.69, 9.17) is 0 Å². The summed E-state index contributed by atoms with van der Waals surface area (Å²) in [6.45, 7) is 2.18. The molecule has 2 amide bonds. The van der Waals surface area contributed by atoms with Crippen LogP contribution in [-0.2, 0) is 7.05 Å². The van der Waals surface area contributed by atoms with Gasteiger partial charge in [0.2, 0.25) is 5.95 Å². The van der Waals surface area contributed by atoms with E-state index in [0.29, 0.717) is 23.2 Å². The molecule has 0 spiro atoms. The first-order valence-corrected chi connectivity index (χ1v) is 10.1. The predicted octanol–water partition coefficient (Wildman–Crippen LogP) is 3.16. The minimum Gasteiger partial charge on any atom is -0.352 e. The van der Waals surface area contributed by atoms with Gasteiger partial charge in [-0.1, -0.05) is 0 Å². The van der Waals surface area contributed by atoms with Crippen LogP contribution in [-0.4, -0.2) is 50.1 Å². The molecule has 1 aliphatic heterocycles. The van der Waals surface area contributed by atoms with Gasteiger partial charge in [0.25, 0.3) is 0 Å². The Morgan fingerprint density at radius 3 is 2.64 bits per heavy atom. The third-order valence-corrected chi connectivity index (χ3v) is 5.00. The van der Waals surface area contributed by atoms with Gasteiger partial charge in [0, 0.05) is 50.6 Å². The molecule has 0 aliphatic carbocycles. The van der Waals surface area contributed by atoms with E-state index in [1.165, 1.54) is 18.3 Å². The molecule has 9 nitrogen and oxygen atoms in total. The molecule has 0 unspecified atom stereocenters. The zero-order chi connectivity index (χ0) is 23.5. The summed E-state index contributed by atoms with van der Waals surface area (Å²) in [5.74, 6) is -1.82. The summed E-state index contributed by atoms with van der Waals surface area (Å²) in [7, 11) is 1.73. The Morgan fingerprint density at radius 2 is 1.94 bits per heavy atom. The normalized spacial score (nSPS) is 15.2. The summed E-state index contributed by atoms with van der Waals surface area (Å²) in [5, 5.41) is 14.9. The molecule has 0 radical (unpaired) electrons. The minimum absolute atomic E-state index is 0.124. The molecule has 4 rings (SSSR count). The van der Waals surface area contributed by atoms with Crippen LogP contribution in [0.3, 0.4) is 0 Å². The van der Waals surface area contributed by atoms with Crippen molar-refractivity contribution in [2.45, 2.75) is 19.4 Å². The number of nitrogens with zero attached hydrogens (tertiary/aromatic N) is 6. The number of hydrogen-bond acceptors (Lipinski definition) is 6. The smallest absolute Gasteiger partial charge is 0.338 e. The van der Waals surface area contributed by atoms with Crippen molar-refractivity contribution in [3.05, 3.63) is 59.3 Å². The molecule has 0 saturated carbocycles. The zero-order valence-corrected chi connectivity index (χ0v) is 17.9. The van der Waals surface area contributed by atoms with Crippen molar-refractivity contribution in [2.75, 3.05) is 18.4 Å². The molecular weight excluding hydrogens is 437 g/mol. The van der Waals surface area contributed by atoms with Gasteiger partial charge in [-0.05, 0) is 24.6 Å². The number of anilines is 1. The lowest BCUT2D eigenvalue weighted by atomic mass is 10.0. The van der Waals surface area contributed by atoms with E-state index < -0.39 is 29.5 Å². The number of carbonyl (C=O) groups is 1. The SMILES string of the molecule is Cc1nn(C)cc1-c1nc(NCCNC(=O)N2N=CC[C@H]2c2cc(F)cc(F)c2)ncc1F. The van der Waals surface area contributed by atoms with Crippen LogP contribution in [0.25, 0.3) is 11.3 Å². The summed E-state index contributed by atoms with van der Waals surface area (Å²) >= 11 is 0. The lowest BCUT2D eigenvalue weighted by Crippen LogP contribution is -2.39. The van der Waals surface area contributed by atoms with Gasteiger partial charge in [-0.15, -0.1) is 0 Å². The first-order chi connectivity index (χ1) is 15.8. The summed E-state index contributed by atoms with van der Waals surface area (Å²) in [5.41, 5.74) is 1.63. The first-order valence-electron chi connectivity index (χ1n) is 10.1. The third kappa shape index (κ3) is 4.94. The van der Waals surface area contributed by atoms with Crippen molar-refractivity contribution >= 4 is 18.2 Å². The highest BCUT2D eigenvalue weighted by Crippen LogP contribution is 2.29. The fraction of sp³-hybridized carbons (Fsp3) is 0.286. The molecule has 2 aromatic heterocycles. The monoisotopic (exact) mass is 458 g/mol. The quantitative estimate of drug-likeness (QED) is 0.553. The highest BCUT2D eigenvalue weighted by molar-refractivity contribution is 5.78. The van der Waals surface area contributed by atoms with E-state index in [9.17, 15) is 18.0 Å². The van der Waals surface area contributed by atoms with Crippen LogP contribution in [0.1, 0.15) is 23.7 Å². The summed E-state index contributed by atoms with van der Waals surface area (Å²) in [6.07, 6.45) is 4.59. The maximum atomic E-state index is 14.2. The molecule has 1 atom stereocenters. The fourth-order valence-corrected chi connectivity index (χ4v) is 3.55. The van der Waals surface area contributed by atoms with Gasteiger partial charge in [0.05, 0.1) is 17.9 Å². The lowest BCUT2D eigenvalue weighted by molar-refractivity contribution is 0.186. The number of hydrazone groups is 1. The summed E-state index contributed by atoms with van der Waals surface area (Å²) in [6, 6.07) is 2.00. The molecule has 3 aromatic rings. The number of aromatic nitrogens is 4. The Balaban J connectivity index is 1.34. The highest BCUT2D eigenvalue weighted by atomic mass is 19.1. The number of hydrogen-bond donors (Lipinski definition) is 2. The maximum Gasteiger partial charge on any atom is 0.338 e. The number of benzene rings is 1. The third-order valence-electron chi connectivity index (χ3n) is 5.00. The second-order valence-electron chi connectivity index (χ2n) is 7.45. The van der Waals surface area contributed by atoms with Crippen LogP contribution in [0, 0.1) is 24.4 Å². The number of amides is 2. The number of halogens is 3. The average molecular weight is 458 g/mol. The van der Waals surface area contributed by atoms with Crippen molar-refractivity contribution in [2.24, 2.45) is 12.1 Å². The number of carbonyl (C=O) groups excluding carboxylic acids is 1. The highest BCUT2D eigenvalue weighted by Gasteiger charge is 2.28. The molecular formula is C21H21F3N8O. The van der Waals surface area contributed by atoms with Crippen LogP contribution in [0.15, 0.2) is 35.7 Å². The lowest BCUT2D eigenvalue weighted by Gasteiger charge is -2.22. The Labute approximate surface area is 187 Å². The largest absolute Gasteiger partial charge is 0.352 e. The van der Waals surface area contributed by atoms with Crippen LogP contribution < -0.4 is 10.6 Å². The van der Waals surface area contributed by atoms with E-state index >= 15 is 0 Å². The summed E-state index contributed by atoms with van der Waals surface area (Å²) < 4.78 is 42.9. The van der Waals surface area contributed by atoms with E-state index in [-0.39, 0.29) is 24.7 Å². The number of urea groups is 1. The van der Waals surface area contributed by atoms with Crippen molar-refractivity contribution in [1.29, 1.82) is 0 Å². The van der Waals surface area contributed by atoms with Crippen LogP contribution >= 0.6 is 0 Å². The van der Waals surface area contributed by atoms with Crippen molar-refractivity contribution in [3.63, 3.8) is 0 Å². The molecule has 1 aromatic carbocycles. The summed E-state index contributed by atoms with van der Waals surface area (Å²) in [4.78, 5) is 20.7. The molecule has 12 heteroatoms. The Bertz CT molecular complexity index is 1190. The van der Waals surface area contributed by atoms with Crippen LogP contribution in [0.4, 0.5) is 23.9 Å². The molecule has 0 fully saturated rings. The van der Waals surface area contributed by atoms with Gasteiger partial charge in [0.15, 0.2) is 5.82 Å². The van der Waals surface area contributed by atoms with Crippen LogP contribution in [0.2, 0.25) is 0 Å². The van der Waals surface area contributed by atoms with Crippen molar-refractivity contribution in [1.82, 2.24) is 30.1 Å². The number of aryl methyl sites for hydroxylation is 2. The van der Waals surface area contributed by atoms with Gasteiger partial charge >= 0.3 is 6.03 Å². The molecule has 1 aliphatic rings. The van der Waals surface area contributed by atoms with E-state index in [2.05, 4.69) is 30.8 Å². The number of rotatable bonds is 6. The van der Waals surface area contributed by atoms with Gasteiger partial charge in [-0.2, -0.15) is 10.2 Å². The Hall–Kier alpha value is -3.96. The molecule has 172 valence electrons.